The molecule has 0 spiro atoms. The number of hydrogen-bond acceptors (Lipinski definition) is 5. The molecule has 5 heteroatoms. The van der Waals surface area contributed by atoms with Gasteiger partial charge in [-0.15, -0.1) is 0 Å². The molecule has 82 valence electrons. The van der Waals surface area contributed by atoms with Gasteiger partial charge in [0.05, 0.1) is 21.3 Å². The summed E-state index contributed by atoms with van der Waals surface area (Å²) in [6.45, 7) is 0. The lowest BCUT2D eigenvalue weighted by Crippen LogP contribution is -2.05. The molecule has 1 rings (SSSR count). The van der Waals surface area contributed by atoms with Crippen LogP contribution in [0.1, 0.15) is 10.4 Å². The summed E-state index contributed by atoms with van der Waals surface area (Å²) in [5, 5.41) is 9.51. The first-order valence-electron chi connectivity index (χ1n) is 4.18. The highest BCUT2D eigenvalue weighted by Crippen LogP contribution is 2.36. The van der Waals surface area contributed by atoms with Gasteiger partial charge in [-0.05, 0) is 12.1 Å². The van der Waals surface area contributed by atoms with Gasteiger partial charge in [0, 0.05) is 0 Å². The summed E-state index contributed by atoms with van der Waals surface area (Å²) in [6, 6.07) is 2.84. The van der Waals surface area contributed by atoms with E-state index >= 15 is 0 Å². The number of carbonyl (C=O) groups is 1. The van der Waals surface area contributed by atoms with E-state index in [4.69, 9.17) is 9.47 Å². The summed E-state index contributed by atoms with van der Waals surface area (Å²) >= 11 is 0. The van der Waals surface area contributed by atoms with E-state index in [0.29, 0.717) is 5.75 Å². The van der Waals surface area contributed by atoms with Gasteiger partial charge in [0.25, 0.3) is 0 Å². The van der Waals surface area contributed by atoms with Gasteiger partial charge in [0.2, 0.25) is 0 Å². The molecule has 0 aliphatic heterocycles. The van der Waals surface area contributed by atoms with Crippen molar-refractivity contribution in [2.45, 2.75) is 0 Å². The van der Waals surface area contributed by atoms with Crippen LogP contribution in [-0.4, -0.2) is 32.4 Å². The number of methoxy groups -OCH3 is 3. The first-order valence-corrected chi connectivity index (χ1v) is 4.18. The predicted molar refractivity (Wildman–Crippen MR) is 52.6 cm³/mol. The van der Waals surface area contributed by atoms with E-state index in [0.717, 1.165) is 0 Å². The van der Waals surface area contributed by atoms with Gasteiger partial charge in [-0.3, -0.25) is 0 Å². The minimum absolute atomic E-state index is 0.0423. The fourth-order valence-electron chi connectivity index (χ4n) is 1.22. The molecular formula is C10H12O5. The van der Waals surface area contributed by atoms with Gasteiger partial charge in [-0.1, -0.05) is 0 Å². The van der Waals surface area contributed by atoms with Crippen LogP contribution < -0.4 is 9.47 Å². The second-order valence-electron chi connectivity index (χ2n) is 2.69. The lowest BCUT2D eigenvalue weighted by Gasteiger charge is -2.12. The fraction of sp³-hybridized carbons (Fsp3) is 0.300. The van der Waals surface area contributed by atoms with Crippen molar-refractivity contribution in [2.75, 3.05) is 21.3 Å². The van der Waals surface area contributed by atoms with Crippen LogP contribution in [0.25, 0.3) is 0 Å². The molecule has 1 N–H and O–H groups in total. The van der Waals surface area contributed by atoms with Crippen LogP contribution in [-0.2, 0) is 4.74 Å². The third kappa shape index (κ3) is 1.96. The summed E-state index contributed by atoms with van der Waals surface area (Å²) in [4.78, 5) is 11.4. The highest BCUT2D eigenvalue weighted by molar-refractivity contribution is 5.96. The normalized spacial score (nSPS) is 9.53. The van der Waals surface area contributed by atoms with Crippen molar-refractivity contribution >= 4 is 5.97 Å². The van der Waals surface area contributed by atoms with E-state index in [1.807, 2.05) is 0 Å². The van der Waals surface area contributed by atoms with E-state index in [9.17, 15) is 9.90 Å². The highest BCUT2D eigenvalue weighted by atomic mass is 16.5. The van der Waals surface area contributed by atoms with Crippen molar-refractivity contribution in [2.24, 2.45) is 0 Å². The Bertz CT molecular complexity index is 372. The van der Waals surface area contributed by atoms with E-state index in [2.05, 4.69) is 4.74 Å². The summed E-state index contributed by atoms with van der Waals surface area (Å²) in [5.41, 5.74) is -0.0423. The number of aromatic hydroxyl groups is 1. The number of rotatable bonds is 3. The quantitative estimate of drug-likeness (QED) is 0.762. The van der Waals surface area contributed by atoms with Gasteiger partial charge < -0.3 is 19.3 Å². The van der Waals surface area contributed by atoms with E-state index in [1.165, 1.54) is 33.5 Å². The van der Waals surface area contributed by atoms with E-state index in [1.54, 1.807) is 0 Å². The molecule has 0 unspecified atom stereocenters. The number of hydrogen-bond donors (Lipinski definition) is 1. The maximum absolute atomic E-state index is 11.4. The second kappa shape index (κ2) is 4.54. The molecule has 0 bridgehead atoms. The third-order valence-corrected chi connectivity index (χ3v) is 1.91. The Balaban J connectivity index is 3.38. The van der Waals surface area contributed by atoms with Crippen molar-refractivity contribution in [3.63, 3.8) is 0 Å². The monoisotopic (exact) mass is 212 g/mol. The van der Waals surface area contributed by atoms with Crippen molar-refractivity contribution < 1.29 is 24.1 Å². The van der Waals surface area contributed by atoms with Gasteiger partial charge in [-0.25, -0.2) is 4.79 Å². The number of ether oxygens (including phenoxy) is 3. The molecule has 15 heavy (non-hydrogen) atoms. The Labute approximate surface area is 87.2 Å². The first-order chi connectivity index (χ1) is 7.15. The second-order valence-corrected chi connectivity index (χ2v) is 2.69. The zero-order chi connectivity index (χ0) is 11.4. The lowest BCUT2D eigenvalue weighted by molar-refractivity contribution is 0.0593. The Morgan fingerprint density at radius 3 is 2.33 bits per heavy atom. The van der Waals surface area contributed by atoms with Gasteiger partial charge in [-0.2, -0.15) is 0 Å². The average molecular weight is 212 g/mol. The Hall–Kier alpha value is -1.91. The smallest absolute Gasteiger partial charge is 0.345 e. The summed E-state index contributed by atoms with van der Waals surface area (Å²) in [7, 11) is 4.04. The Kier molecular flexibility index (Phi) is 3.38. The fourth-order valence-corrected chi connectivity index (χ4v) is 1.22. The maximum Gasteiger partial charge on any atom is 0.345 e. The van der Waals surface area contributed by atoms with Crippen LogP contribution in [0, 0.1) is 0 Å². The molecule has 0 amide bonds. The van der Waals surface area contributed by atoms with Gasteiger partial charge >= 0.3 is 5.97 Å². The SMILES string of the molecule is COC(=O)c1c(O)ccc(OC)c1OC. The maximum atomic E-state index is 11.4. The Morgan fingerprint density at radius 2 is 1.87 bits per heavy atom. The standard InChI is InChI=1S/C10H12O5/c1-13-7-5-4-6(11)8(9(7)14-2)10(12)15-3/h4-5,11H,1-3H3. The summed E-state index contributed by atoms with van der Waals surface area (Å²) in [5.74, 6) is -0.372. The van der Waals surface area contributed by atoms with Gasteiger partial charge in [0.15, 0.2) is 11.5 Å². The minimum Gasteiger partial charge on any atom is -0.507 e. The number of phenolic OH excluding ortho intramolecular Hbond substituents is 1. The topological polar surface area (TPSA) is 65.0 Å². The van der Waals surface area contributed by atoms with Crippen LogP contribution >= 0.6 is 0 Å². The van der Waals surface area contributed by atoms with Crippen molar-refractivity contribution in [1.29, 1.82) is 0 Å². The number of esters is 1. The molecule has 1 aromatic carbocycles. The molecule has 5 nitrogen and oxygen atoms in total. The third-order valence-electron chi connectivity index (χ3n) is 1.91. The molecule has 0 aliphatic rings. The number of carbonyl (C=O) groups excluding carboxylic acids is 1. The number of benzene rings is 1. The zero-order valence-corrected chi connectivity index (χ0v) is 8.73. The van der Waals surface area contributed by atoms with Crippen LogP contribution in [0.15, 0.2) is 12.1 Å². The molecule has 0 radical (unpaired) electrons. The summed E-state index contributed by atoms with van der Waals surface area (Å²) in [6.07, 6.45) is 0. The van der Waals surface area contributed by atoms with Gasteiger partial charge in [0.1, 0.15) is 11.3 Å². The molecular weight excluding hydrogens is 200 g/mol. The molecule has 0 heterocycles. The summed E-state index contributed by atoms with van der Waals surface area (Å²) < 4.78 is 14.5. The first kappa shape index (κ1) is 11.2. The highest BCUT2D eigenvalue weighted by Gasteiger charge is 2.21. The molecule has 0 aromatic heterocycles. The Morgan fingerprint density at radius 1 is 1.20 bits per heavy atom. The van der Waals surface area contributed by atoms with Crippen LogP contribution in [0.2, 0.25) is 0 Å². The van der Waals surface area contributed by atoms with Crippen LogP contribution in [0.5, 0.6) is 17.2 Å². The lowest BCUT2D eigenvalue weighted by atomic mass is 10.1. The van der Waals surface area contributed by atoms with E-state index in [-0.39, 0.29) is 17.1 Å². The molecule has 0 saturated carbocycles. The minimum atomic E-state index is -0.678. The van der Waals surface area contributed by atoms with Crippen molar-refractivity contribution in [1.82, 2.24) is 0 Å². The molecule has 1 aromatic rings. The molecule has 0 atom stereocenters. The largest absolute Gasteiger partial charge is 0.507 e. The molecule has 0 fully saturated rings. The van der Waals surface area contributed by atoms with E-state index < -0.39 is 5.97 Å². The van der Waals surface area contributed by atoms with Crippen LogP contribution in [0.4, 0.5) is 0 Å². The van der Waals surface area contributed by atoms with Crippen LogP contribution in [0.3, 0.4) is 0 Å². The zero-order valence-electron chi connectivity index (χ0n) is 8.73. The average Bonchev–Trinajstić information content (AvgIpc) is 2.27. The predicted octanol–water partition coefficient (Wildman–Crippen LogP) is 1.20. The number of phenols is 1. The molecule has 0 aliphatic carbocycles. The molecule has 0 saturated heterocycles. The van der Waals surface area contributed by atoms with Crippen molar-refractivity contribution in [3.8, 4) is 17.2 Å². The van der Waals surface area contributed by atoms with Crippen molar-refractivity contribution in [3.05, 3.63) is 17.7 Å².